The smallest absolute Gasteiger partial charge is 0.262 e. The number of ether oxygens (including phenoxy) is 1. The van der Waals surface area contributed by atoms with Crippen LogP contribution in [-0.4, -0.2) is 15.0 Å². The van der Waals surface area contributed by atoms with E-state index in [4.69, 9.17) is 4.74 Å². The summed E-state index contributed by atoms with van der Waals surface area (Å²) >= 11 is 3.36. The van der Waals surface area contributed by atoms with E-state index in [1.807, 2.05) is 26.0 Å². The summed E-state index contributed by atoms with van der Waals surface area (Å²) in [6.45, 7) is 4.48. The lowest BCUT2D eigenvalue weighted by Gasteiger charge is -2.11. The number of anilines is 1. The molecule has 0 unspecified atom stereocenters. The standard InChI is InChI=1S/C16H18BrNO3S/c1-3-10-21-16-11-14(8-9-15(16)17)22(19,20)18-13-6-4-12(2)5-7-13/h4-9,11,18H,3,10H2,1-2H3. The maximum absolute atomic E-state index is 12.4. The molecule has 0 bridgehead atoms. The van der Waals surface area contributed by atoms with E-state index >= 15 is 0 Å². The highest BCUT2D eigenvalue weighted by molar-refractivity contribution is 9.10. The highest BCUT2D eigenvalue weighted by Gasteiger charge is 2.16. The molecule has 6 heteroatoms. The minimum atomic E-state index is -3.64. The number of rotatable bonds is 6. The van der Waals surface area contributed by atoms with Crippen LogP contribution < -0.4 is 9.46 Å². The summed E-state index contributed by atoms with van der Waals surface area (Å²) in [5.41, 5.74) is 1.60. The molecule has 22 heavy (non-hydrogen) atoms. The van der Waals surface area contributed by atoms with Gasteiger partial charge in [0.1, 0.15) is 5.75 Å². The molecule has 0 aromatic heterocycles. The fraction of sp³-hybridized carbons (Fsp3) is 0.250. The highest BCUT2D eigenvalue weighted by Crippen LogP contribution is 2.29. The van der Waals surface area contributed by atoms with E-state index in [0.29, 0.717) is 18.0 Å². The molecule has 2 aromatic carbocycles. The van der Waals surface area contributed by atoms with Gasteiger partial charge in [-0.15, -0.1) is 0 Å². The van der Waals surface area contributed by atoms with Crippen molar-refractivity contribution in [2.75, 3.05) is 11.3 Å². The van der Waals surface area contributed by atoms with Gasteiger partial charge in [0.2, 0.25) is 0 Å². The molecule has 0 aliphatic heterocycles. The first-order chi connectivity index (χ1) is 10.4. The molecule has 0 fully saturated rings. The number of nitrogens with one attached hydrogen (secondary N) is 1. The molecule has 118 valence electrons. The summed E-state index contributed by atoms with van der Waals surface area (Å²) < 4.78 is 33.7. The van der Waals surface area contributed by atoms with Gasteiger partial charge in [0, 0.05) is 11.8 Å². The molecule has 0 amide bonds. The van der Waals surface area contributed by atoms with Crippen molar-refractivity contribution in [2.24, 2.45) is 0 Å². The monoisotopic (exact) mass is 383 g/mol. The number of aryl methyl sites for hydroxylation is 1. The van der Waals surface area contributed by atoms with Gasteiger partial charge in [-0.25, -0.2) is 8.42 Å². The van der Waals surface area contributed by atoms with Crippen LogP contribution in [0.25, 0.3) is 0 Å². The first-order valence-corrected chi connectivity index (χ1v) is 9.22. The van der Waals surface area contributed by atoms with E-state index in [1.54, 1.807) is 24.3 Å². The summed E-state index contributed by atoms with van der Waals surface area (Å²) in [4.78, 5) is 0.169. The van der Waals surface area contributed by atoms with Crippen molar-refractivity contribution in [2.45, 2.75) is 25.2 Å². The van der Waals surface area contributed by atoms with E-state index in [-0.39, 0.29) is 4.90 Å². The molecule has 2 rings (SSSR count). The van der Waals surface area contributed by atoms with Gasteiger partial charge >= 0.3 is 0 Å². The molecule has 4 nitrogen and oxygen atoms in total. The second-order valence-electron chi connectivity index (χ2n) is 4.91. The second kappa shape index (κ2) is 7.15. The van der Waals surface area contributed by atoms with Crippen LogP contribution in [0.1, 0.15) is 18.9 Å². The van der Waals surface area contributed by atoms with Crippen molar-refractivity contribution in [3.8, 4) is 5.75 Å². The lowest BCUT2D eigenvalue weighted by molar-refractivity contribution is 0.314. The van der Waals surface area contributed by atoms with E-state index in [0.717, 1.165) is 16.5 Å². The maximum atomic E-state index is 12.4. The van der Waals surface area contributed by atoms with E-state index in [9.17, 15) is 8.42 Å². The van der Waals surface area contributed by atoms with Crippen molar-refractivity contribution in [1.29, 1.82) is 0 Å². The maximum Gasteiger partial charge on any atom is 0.262 e. The molecule has 1 N–H and O–H groups in total. The third kappa shape index (κ3) is 4.24. The number of hydrogen-bond acceptors (Lipinski definition) is 3. The first-order valence-electron chi connectivity index (χ1n) is 6.94. The Morgan fingerprint density at radius 3 is 2.45 bits per heavy atom. The predicted octanol–water partition coefficient (Wildman–Crippen LogP) is 4.35. The summed E-state index contributed by atoms with van der Waals surface area (Å²) in [7, 11) is -3.64. The largest absolute Gasteiger partial charge is 0.492 e. The molecule has 0 heterocycles. The van der Waals surface area contributed by atoms with Gasteiger partial charge in [-0.3, -0.25) is 4.72 Å². The van der Waals surface area contributed by atoms with Crippen molar-refractivity contribution in [3.05, 3.63) is 52.5 Å². The van der Waals surface area contributed by atoms with Gasteiger partial charge in [-0.1, -0.05) is 24.6 Å². The van der Waals surface area contributed by atoms with Crippen LogP contribution in [0.3, 0.4) is 0 Å². The summed E-state index contributed by atoms with van der Waals surface area (Å²) in [6.07, 6.45) is 0.852. The van der Waals surface area contributed by atoms with Crippen molar-refractivity contribution in [3.63, 3.8) is 0 Å². The van der Waals surface area contributed by atoms with Crippen molar-refractivity contribution >= 4 is 31.6 Å². The van der Waals surface area contributed by atoms with Gasteiger partial charge in [-0.2, -0.15) is 0 Å². The van der Waals surface area contributed by atoms with Crippen LogP contribution in [-0.2, 0) is 10.0 Å². The fourth-order valence-electron chi connectivity index (χ4n) is 1.81. The van der Waals surface area contributed by atoms with Gasteiger partial charge in [-0.05, 0) is 53.5 Å². The Labute approximate surface area is 139 Å². The second-order valence-corrected chi connectivity index (χ2v) is 7.45. The minimum Gasteiger partial charge on any atom is -0.492 e. The molecular formula is C16H18BrNO3S. The predicted molar refractivity (Wildman–Crippen MR) is 91.9 cm³/mol. The Kier molecular flexibility index (Phi) is 5.47. The Hall–Kier alpha value is -1.53. The van der Waals surface area contributed by atoms with Gasteiger partial charge in [0.05, 0.1) is 16.0 Å². The molecule has 0 radical (unpaired) electrons. The van der Waals surface area contributed by atoms with Crippen LogP contribution in [0.4, 0.5) is 5.69 Å². The zero-order chi connectivity index (χ0) is 16.2. The molecule has 0 aliphatic rings. The number of halogens is 1. The van der Waals surface area contributed by atoms with Crippen LogP contribution in [0.5, 0.6) is 5.75 Å². The molecular weight excluding hydrogens is 366 g/mol. The van der Waals surface area contributed by atoms with E-state index in [1.165, 1.54) is 6.07 Å². The third-order valence-corrected chi connectivity index (χ3v) is 5.01. The van der Waals surface area contributed by atoms with Crippen LogP contribution in [0, 0.1) is 6.92 Å². The summed E-state index contributed by atoms with van der Waals surface area (Å²) in [5, 5.41) is 0. The zero-order valence-corrected chi connectivity index (χ0v) is 14.9. The van der Waals surface area contributed by atoms with E-state index in [2.05, 4.69) is 20.7 Å². The lowest BCUT2D eigenvalue weighted by atomic mass is 10.2. The molecule has 0 aliphatic carbocycles. The average molecular weight is 384 g/mol. The quantitative estimate of drug-likeness (QED) is 0.806. The molecule has 0 saturated heterocycles. The third-order valence-electron chi connectivity index (χ3n) is 2.98. The first kappa shape index (κ1) is 16.8. The normalized spacial score (nSPS) is 11.2. The van der Waals surface area contributed by atoms with Gasteiger partial charge in [0.15, 0.2) is 0 Å². The van der Waals surface area contributed by atoms with Crippen LogP contribution in [0.15, 0.2) is 51.8 Å². The van der Waals surface area contributed by atoms with Crippen LogP contribution in [0.2, 0.25) is 0 Å². The number of benzene rings is 2. The Morgan fingerprint density at radius 1 is 1.14 bits per heavy atom. The number of sulfonamides is 1. The SMILES string of the molecule is CCCOc1cc(S(=O)(=O)Nc2ccc(C)cc2)ccc1Br. The molecule has 2 aromatic rings. The van der Waals surface area contributed by atoms with Crippen molar-refractivity contribution in [1.82, 2.24) is 0 Å². The Bertz CT molecular complexity index is 742. The molecule has 0 spiro atoms. The van der Waals surface area contributed by atoms with Crippen LogP contribution >= 0.6 is 15.9 Å². The summed E-state index contributed by atoms with van der Waals surface area (Å²) in [6, 6.07) is 11.9. The molecule has 0 saturated carbocycles. The van der Waals surface area contributed by atoms with Crippen molar-refractivity contribution < 1.29 is 13.2 Å². The van der Waals surface area contributed by atoms with Gasteiger partial charge < -0.3 is 4.74 Å². The molecule has 0 atom stereocenters. The zero-order valence-electron chi connectivity index (χ0n) is 12.5. The Morgan fingerprint density at radius 2 is 1.82 bits per heavy atom. The average Bonchev–Trinajstić information content (AvgIpc) is 2.48. The number of hydrogen-bond donors (Lipinski definition) is 1. The highest BCUT2D eigenvalue weighted by atomic mass is 79.9. The minimum absolute atomic E-state index is 0.169. The van der Waals surface area contributed by atoms with E-state index < -0.39 is 10.0 Å². The van der Waals surface area contributed by atoms with Gasteiger partial charge in [0.25, 0.3) is 10.0 Å². The fourth-order valence-corrected chi connectivity index (χ4v) is 3.24. The summed E-state index contributed by atoms with van der Waals surface area (Å²) in [5.74, 6) is 0.522. The topological polar surface area (TPSA) is 55.4 Å². The Balaban J connectivity index is 2.27. The lowest BCUT2D eigenvalue weighted by Crippen LogP contribution is -2.13.